The molecule has 0 atom stereocenters. The maximum Gasteiger partial charge on any atom is 0.319 e. The van der Waals surface area contributed by atoms with Gasteiger partial charge in [0.2, 0.25) is 0 Å². The Balaban J connectivity index is 2.24. The van der Waals surface area contributed by atoms with Crippen LogP contribution >= 0.6 is 0 Å². The van der Waals surface area contributed by atoms with Crippen LogP contribution in [0.5, 0.6) is 0 Å². The average molecular weight is 312 g/mol. The standard InChI is InChI=1S/C11H10F2N6O3/c12-11(13)18-2-1-15-8(18)5-17-10-7(9(14)20)3-6(4-16-10)19(21)22/h1-4,11H,5H2,(H2,14,20)(H,16,17). The number of nitrogens with zero attached hydrogens (tertiary/aromatic N) is 4. The van der Waals surface area contributed by atoms with Crippen molar-refractivity contribution in [3.05, 3.63) is 46.2 Å². The van der Waals surface area contributed by atoms with E-state index in [0.29, 0.717) is 4.57 Å². The number of aromatic nitrogens is 3. The Morgan fingerprint density at radius 2 is 2.23 bits per heavy atom. The number of nitrogens with two attached hydrogens (primary N) is 1. The van der Waals surface area contributed by atoms with Crippen molar-refractivity contribution in [2.75, 3.05) is 5.32 Å². The van der Waals surface area contributed by atoms with Gasteiger partial charge < -0.3 is 11.1 Å². The first-order valence-corrected chi connectivity index (χ1v) is 5.88. The van der Waals surface area contributed by atoms with Crippen molar-refractivity contribution in [1.29, 1.82) is 0 Å². The van der Waals surface area contributed by atoms with E-state index in [1.807, 2.05) is 0 Å². The lowest BCUT2D eigenvalue weighted by Gasteiger charge is -2.10. The third kappa shape index (κ3) is 3.13. The average Bonchev–Trinajstić information content (AvgIpc) is 2.93. The van der Waals surface area contributed by atoms with Crippen molar-refractivity contribution < 1.29 is 18.5 Å². The van der Waals surface area contributed by atoms with Crippen molar-refractivity contribution in [2.24, 2.45) is 5.73 Å². The van der Waals surface area contributed by atoms with E-state index >= 15 is 0 Å². The predicted molar refractivity (Wildman–Crippen MR) is 70.2 cm³/mol. The summed E-state index contributed by atoms with van der Waals surface area (Å²) >= 11 is 0. The molecule has 0 saturated carbocycles. The molecule has 1 amide bonds. The first-order chi connectivity index (χ1) is 10.4. The summed E-state index contributed by atoms with van der Waals surface area (Å²) in [5, 5.41) is 13.3. The van der Waals surface area contributed by atoms with Crippen molar-refractivity contribution >= 4 is 17.4 Å². The molecule has 0 saturated heterocycles. The number of rotatable bonds is 6. The number of halogens is 2. The summed E-state index contributed by atoms with van der Waals surface area (Å²) in [5.74, 6) is -0.983. The molecule has 0 unspecified atom stereocenters. The second kappa shape index (κ2) is 6.11. The third-order valence-corrected chi connectivity index (χ3v) is 2.72. The van der Waals surface area contributed by atoms with E-state index in [4.69, 9.17) is 5.73 Å². The topological polar surface area (TPSA) is 129 Å². The number of alkyl halides is 2. The third-order valence-electron chi connectivity index (χ3n) is 2.72. The Bertz CT molecular complexity index is 718. The Kier molecular flexibility index (Phi) is 4.25. The minimum atomic E-state index is -2.76. The van der Waals surface area contributed by atoms with Crippen molar-refractivity contribution in [3.63, 3.8) is 0 Å². The molecule has 0 radical (unpaired) electrons. The van der Waals surface area contributed by atoms with Gasteiger partial charge in [-0.25, -0.2) is 9.97 Å². The number of hydrogen-bond donors (Lipinski definition) is 2. The lowest BCUT2D eigenvalue weighted by molar-refractivity contribution is -0.385. The molecule has 0 fully saturated rings. The fourth-order valence-corrected chi connectivity index (χ4v) is 1.70. The zero-order valence-corrected chi connectivity index (χ0v) is 10.9. The van der Waals surface area contributed by atoms with Gasteiger partial charge in [-0.2, -0.15) is 8.78 Å². The molecule has 0 bridgehead atoms. The first-order valence-electron chi connectivity index (χ1n) is 5.88. The highest BCUT2D eigenvalue weighted by Gasteiger charge is 2.17. The number of pyridine rings is 1. The molecule has 2 aromatic heterocycles. The van der Waals surface area contributed by atoms with Crippen molar-refractivity contribution in [3.8, 4) is 0 Å². The van der Waals surface area contributed by atoms with Gasteiger partial charge in [-0.15, -0.1) is 0 Å². The number of carbonyl (C=O) groups is 1. The van der Waals surface area contributed by atoms with Gasteiger partial charge in [-0.3, -0.25) is 19.5 Å². The minimum Gasteiger partial charge on any atom is -0.365 e. The molecular formula is C11H10F2N6O3. The summed E-state index contributed by atoms with van der Waals surface area (Å²) in [7, 11) is 0. The largest absolute Gasteiger partial charge is 0.365 e. The van der Waals surface area contributed by atoms with E-state index in [1.165, 1.54) is 6.20 Å². The summed E-state index contributed by atoms with van der Waals surface area (Å²) in [6.45, 7) is -2.93. The molecule has 11 heteroatoms. The summed E-state index contributed by atoms with van der Waals surface area (Å²) in [5.41, 5.74) is 4.50. The SMILES string of the molecule is NC(=O)c1cc([N+](=O)[O-])cnc1NCc1nccn1C(F)F. The van der Waals surface area contributed by atoms with E-state index in [2.05, 4.69) is 15.3 Å². The van der Waals surface area contributed by atoms with Gasteiger partial charge in [0.1, 0.15) is 17.8 Å². The van der Waals surface area contributed by atoms with Crippen LogP contribution in [0.1, 0.15) is 22.7 Å². The molecule has 2 rings (SSSR count). The van der Waals surface area contributed by atoms with Gasteiger partial charge in [0.05, 0.1) is 17.0 Å². The second-order valence-electron chi connectivity index (χ2n) is 4.09. The predicted octanol–water partition coefficient (Wildman–Crippen LogP) is 1.29. The summed E-state index contributed by atoms with van der Waals surface area (Å²) in [6, 6.07) is 0.956. The van der Waals surface area contributed by atoms with Gasteiger partial charge in [0, 0.05) is 18.5 Å². The monoisotopic (exact) mass is 312 g/mol. The lowest BCUT2D eigenvalue weighted by Crippen LogP contribution is -2.17. The van der Waals surface area contributed by atoms with E-state index in [9.17, 15) is 23.7 Å². The Labute approximate surface area is 121 Å². The van der Waals surface area contributed by atoms with Crippen LogP contribution in [0.25, 0.3) is 0 Å². The molecule has 2 heterocycles. The number of imidazole rings is 1. The number of nitro groups is 1. The Morgan fingerprint density at radius 1 is 1.50 bits per heavy atom. The Hall–Kier alpha value is -3.11. The van der Waals surface area contributed by atoms with Gasteiger partial charge in [-0.1, -0.05) is 0 Å². The molecular weight excluding hydrogens is 302 g/mol. The zero-order valence-electron chi connectivity index (χ0n) is 10.9. The maximum atomic E-state index is 12.7. The molecule has 0 aromatic carbocycles. The smallest absolute Gasteiger partial charge is 0.319 e. The van der Waals surface area contributed by atoms with Gasteiger partial charge in [-0.05, 0) is 0 Å². The molecule has 9 nitrogen and oxygen atoms in total. The lowest BCUT2D eigenvalue weighted by atomic mass is 10.2. The van der Waals surface area contributed by atoms with Gasteiger partial charge >= 0.3 is 6.55 Å². The minimum absolute atomic E-state index is 0.00516. The van der Waals surface area contributed by atoms with Crippen LogP contribution in [-0.4, -0.2) is 25.4 Å². The van der Waals surface area contributed by atoms with Crippen LogP contribution in [0.4, 0.5) is 20.3 Å². The summed E-state index contributed by atoms with van der Waals surface area (Å²) in [6.07, 6.45) is 3.22. The molecule has 0 aliphatic rings. The molecule has 3 N–H and O–H groups in total. The molecule has 0 aliphatic carbocycles. The molecule has 0 spiro atoms. The fraction of sp³-hybridized carbons (Fsp3) is 0.182. The summed E-state index contributed by atoms with van der Waals surface area (Å²) in [4.78, 5) is 28.7. The normalized spacial score (nSPS) is 10.7. The number of carbonyl (C=O) groups excluding carboxylic acids is 1. The first kappa shape index (κ1) is 15.3. The molecule has 116 valence electrons. The van der Waals surface area contributed by atoms with E-state index < -0.39 is 23.1 Å². The number of amides is 1. The van der Waals surface area contributed by atoms with Crippen LogP contribution in [0.3, 0.4) is 0 Å². The van der Waals surface area contributed by atoms with Gasteiger partial charge in [0.15, 0.2) is 0 Å². The number of nitrogens with one attached hydrogen (secondary N) is 1. The van der Waals surface area contributed by atoms with Crippen LogP contribution in [0, 0.1) is 10.1 Å². The molecule has 0 aliphatic heterocycles. The van der Waals surface area contributed by atoms with Crippen LogP contribution in [-0.2, 0) is 6.54 Å². The fourth-order valence-electron chi connectivity index (χ4n) is 1.70. The zero-order chi connectivity index (χ0) is 16.3. The number of primary amides is 1. The number of anilines is 1. The Morgan fingerprint density at radius 3 is 2.82 bits per heavy atom. The highest BCUT2D eigenvalue weighted by Crippen LogP contribution is 2.20. The number of hydrogen-bond acceptors (Lipinski definition) is 6. The summed E-state index contributed by atoms with van der Waals surface area (Å²) < 4.78 is 26.0. The van der Waals surface area contributed by atoms with Crippen molar-refractivity contribution in [1.82, 2.24) is 14.5 Å². The quantitative estimate of drug-likeness (QED) is 0.611. The van der Waals surface area contributed by atoms with E-state index in [-0.39, 0.29) is 23.8 Å². The molecule has 22 heavy (non-hydrogen) atoms. The molecule has 2 aromatic rings. The second-order valence-corrected chi connectivity index (χ2v) is 4.09. The van der Waals surface area contributed by atoms with Crippen LogP contribution in [0.2, 0.25) is 0 Å². The highest BCUT2D eigenvalue weighted by molar-refractivity contribution is 5.98. The van der Waals surface area contributed by atoms with E-state index in [0.717, 1.165) is 18.5 Å². The highest BCUT2D eigenvalue weighted by atomic mass is 19.3. The van der Waals surface area contributed by atoms with Crippen LogP contribution < -0.4 is 11.1 Å². The van der Waals surface area contributed by atoms with Crippen LogP contribution in [0.15, 0.2) is 24.7 Å². The van der Waals surface area contributed by atoms with Crippen molar-refractivity contribution in [2.45, 2.75) is 13.1 Å². The van der Waals surface area contributed by atoms with Gasteiger partial charge in [0.25, 0.3) is 11.6 Å². The van der Waals surface area contributed by atoms with E-state index in [1.54, 1.807) is 0 Å². The maximum absolute atomic E-state index is 12.7.